The number of alkyl halides is 1. The van der Waals surface area contributed by atoms with Crippen LogP contribution in [0, 0.1) is 0 Å². The monoisotopic (exact) mass is 250 g/mol. The van der Waals surface area contributed by atoms with Crippen LogP contribution in [0.3, 0.4) is 0 Å². The number of hydrogen-bond acceptors (Lipinski definition) is 2. The first-order chi connectivity index (χ1) is 5.79. The maximum Gasteiger partial charge on any atom is 0.176 e. The SMILES string of the molecule is CCCCCN1[SiH2]N(CC)C1Br. The van der Waals surface area contributed by atoms with Crippen molar-refractivity contribution in [3.05, 3.63) is 0 Å². The highest BCUT2D eigenvalue weighted by Gasteiger charge is 2.32. The second-order valence-electron chi connectivity index (χ2n) is 3.38. The summed E-state index contributed by atoms with van der Waals surface area (Å²) in [4.78, 5) is 0. The highest BCUT2D eigenvalue weighted by Crippen LogP contribution is 2.21. The molecular formula is C8H19BrN2Si. The Kier molecular flexibility index (Phi) is 4.79. The molecule has 1 heterocycles. The molecule has 1 aliphatic heterocycles. The lowest BCUT2D eigenvalue weighted by Gasteiger charge is -2.47. The zero-order chi connectivity index (χ0) is 8.97. The second-order valence-corrected chi connectivity index (χ2v) is 6.10. The average molecular weight is 251 g/mol. The number of unbranched alkanes of at least 4 members (excludes halogenated alkanes) is 2. The van der Waals surface area contributed by atoms with E-state index in [0.717, 1.165) is 0 Å². The van der Waals surface area contributed by atoms with Gasteiger partial charge in [0.15, 0.2) is 9.84 Å². The van der Waals surface area contributed by atoms with Gasteiger partial charge in [-0.2, -0.15) is 0 Å². The van der Waals surface area contributed by atoms with Crippen LogP contribution in [0.25, 0.3) is 0 Å². The Morgan fingerprint density at radius 3 is 2.50 bits per heavy atom. The van der Waals surface area contributed by atoms with Crippen LogP contribution in [0.4, 0.5) is 0 Å². The van der Waals surface area contributed by atoms with Crippen molar-refractivity contribution in [2.75, 3.05) is 13.1 Å². The molecule has 1 unspecified atom stereocenters. The van der Waals surface area contributed by atoms with E-state index in [2.05, 4.69) is 38.9 Å². The van der Waals surface area contributed by atoms with Crippen LogP contribution in [0.5, 0.6) is 0 Å². The Balaban J connectivity index is 2.05. The van der Waals surface area contributed by atoms with Gasteiger partial charge >= 0.3 is 0 Å². The predicted octanol–water partition coefficient (Wildman–Crippen LogP) is 1.49. The van der Waals surface area contributed by atoms with E-state index >= 15 is 0 Å². The molecule has 4 heteroatoms. The van der Waals surface area contributed by atoms with E-state index < -0.39 is 0 Å². The Morgan fingerprint density at radius 2 is 2.00 bits per heavy atom. The van der Waals surface area contributed by atoms with Crippen molar-refractivity contribution in [3.8, 4) is 0 Å². The third-order valence-electron chi connectivity index (χ3n) is 2.42. The Morgan fingerprint density at radius 1 is 1.25 bits per heavy atom. The molecule has 1 saturated heterocycles. The first kappa shape index (κ1) is 10.7. The molecule has 12 heavy (non-hydrogen) atoms. The molecule has 0 radical (unpaired) electrons. The molecule has 0 aromatic rings. The van der Waals surface area contributed by atoms with Gasteiger partial charge in [-0.25, -0.2) is 0 Å². The topological polar surface area (TPSA) is 6.48 Å². The van der Waals surface area contributed by atoms with Gasteiger partial charge in [-0.3, -0.25) is 9.13 Å². The van der Waals surface area contributed by atoms with Gasteiger partial charge < -0.3 is 0 Å². The third kappa shape index (κ3) is 2.55. The molecule has 1 fully saturated rings. The highest BCUT2D eigenvalue weighted by atomic mass is 79.9. The summed E-state index contributed by atoms with van der Waals surface area (Å²) in [6, 6.07) is 0. The molecule has 0 saturated carbocycles. The van der Waals surface area contributed by atoms with E-state index in [1.54, 1.807) is 0 Å². The predicted molar refractivity (Wildman–Crippen MR) is 59.9 cm³/mol. The molecule has 0 aromatic heterocycles. The Labute approximate surface area is 86.4 Å². The summed E-state index contributed by atoms with van der Waals surface area (Å²) < 4.78 is 5.16. The average Bonchev–Trinajstić information content (AvgIpc) is 2.09. The fourth-order valence-electron chi connectivity index (χ4n) is 1.50. The third-order valence-corrected chi connectivity index (χ3v) is 6.83. The summed E-state index contributed by atoms with van der Waals surface area (Å²) in [5.41, 5.74) is 0. The van der Waals surface area contributed by atoms with Crippen molar-refractivity contribution in [1.82, 2.24) is 9.13 Å². The first-order valence-electron chi connectivity index (χ1n) is 4.91. The quantitative estimate of drug-likeness (QED) is 0.316. The molecular weight excluding hydrogens is 232 g/mol. The van der Waals surface area contributed by atoms with Crippen LogP contribution >= 0.6 is 15.9 Å². The zero-order valence-electron chi connectivity index (χ0n) is 8.09. The summed E-state index contributed by atoms with van der Waals surface area (Å²) in [7, 11) is -0.0227. The van der Waals surface area contributed by atoms with Gasteiger partial charge in [0, 0.05) is 0 Å². The Bertz CT molecular complexity index is 134. The fourth-order valence-corrected chi connectivity index (χ4v) is 4.22. The van der Waals surface area contributed by atoms with Crippen LogP contribution in [0.2, 0.25) is 0 Å². The van der Waals surface area contributed by atoms with E-state index in [4.69, 9.17) is 0 Å². The number of rotatable bonds is 5. The molecule has 0 amide bonds. The van der Waals surface area contributed by atoms with E-state index in [-0.39, 0.29) is 9.84 Å². The molecule has 1 aliphatic rings. The molecule has 1 atom stereocenters. The van der Waals surface area contributed by atoms with Gasteiger partial charge in [0.05, 0.1) is 0 Å². The molecule has 0 N–H and O–H groups in total. The van der Waals surface area contributed by atoms with E-state index in [1.165, 1.54) is 32.4 Å². The van der Waals surface area contributed by atoms with Crippen molar-refractivity contribution in [3.63, 3.8) is 0 Å². The molecule has 72 valence electrons. The molecule has 0 aliphatic carbocycles. The van der Waals surface area contributed by atoms with Gasteiger partial charge in [-0.15, -0.1) is 0 Å². The number of hydrogen-bond donors (Lipinski definition) is 0. The van der Waals surface area contributed by atoms with E-state index in [1.807, 2.05) is 0 Å². The van der Waals surface area contributed by atoms with Crippen molar-refractivity contribution in [1.29, 1.82) is 0 Å². The lowest BCUT2D eigenvalue weighted by molar-refractivity contribution is 0.179. The Hall–Kier alpha value is 0.617. The summed E-state index contributed by atoms with van der Waals surface area (Å²) in [5, 5.41) is 0.575. The van der Waals surface area contributed by atoms with E-state index in [0.29, 0.717) is 5.08 Å². The summed E-state index contributed by atoms with van der Waals surface area (Å²) in [6.07, 6.45) is 4.10. The van der Waals surface area contributed by atoms with Crippen LogP contribution in [0.15, 0.2) is 0 Å². The van der Waals surface area contributed by atoms with Crippen molar-refractivity contribution in [2.24, 2.45) is 0 Å². The van der Waals surface area contributed by atoms with Gasteiger partial charge in [0.1, 0.15) is 5.08 Å². The number of nitrogens with zero attached hydrogens (tertiary/aromatic N) is 2. The standard InChI is InChI=1S/C8H19BrN2Si/c1-3-5-6-7-11-8(9)10(4-2)12-11/h8H,3-7,12H2,1-2H3. The highest BCUT2D eigenvalue weighted by molar-refractivity contribution is 9.09. The smallest absolute Gasteiger partial charge is 0.176 e. The minimum absolute atomic E-state index is 0.0227. The minimum Gasteiger partial charge on any atom is -0.293 e. The van der Waals surface area contributed by atoms with Crippen molar-refractivity contribution < 1.29 is 0 Å². The van der Waals surface area contributed by atoms with Crippen LogP contribution < -0.4 is 0 Å². The van der Waals surface area contributed by atoms with Gasteiger partial charge in [0.2, 0.25) is 0 Å². The molecule has 2 nitrogen and oxygen atoms in total. The fraction of sp³-hybridized carbons (Fsp3) is 1.00. The van der Waals surface area contributed by atoms with Gasteiger partial charge in [-0.05, 0) is 19.5 Å². The van der Waals surface area contributed by atoms with Crippen LogP contribution in [0.1, 0.15) is 33.1 Å². The molecule has 0 bridgehead atoms. The summed E-state index contributed by atoms with van der Waals surface area (Å²) in [6.45, 7) is 7.03. The molecule has 1 rings (SSSR count). The normalized spacial score (nSPS) is 27.8. The number of halogens is 1. The van der Waals surface area contributed by atoms with Gasteiger partial charge in [0.25, 0.3) is 0 Å². The summed E-state index contributed by atoms with van der Waals surface area (Å²) in [5.74, 6) is 0. The zero-order valence-corrected chi connectivity index (χ0v) is 11.1. The van der Waals surface area contributed by atoms with Crippen molar-refractivity contribution in [2.45, 2.75) is 38.2 Å². The lowest BCUT2D eigenvalue weighted by Crippen LogP contribution is -2.63. The largest absolute Gasteiger partial charge is 0.293 e. The summed E-state index contributed by atoms with van der Waals surface area (Å²) >= 11 is 3.69. The minimum atomic E-state index is -0.0227. The maximum absolute atomic E-state index is 3.69. The maximum atomic E-state index is 3.69. The van der Waals surface area contributed by atoms with Crippen LogP contribution in [-0.4, -0.2) is 37.1 Å². The molecule has 0 aromatic carbocycles. The van der Waals surface area contributed by atoms with Crippen LogP contribution in [-0.2, 0) is 0 Å². The lowest BCUT2D eigenvalue weighted by atomic mass is 10.2. The second kappa shape index (κ2) is 5.37. The van der Waals surface area contributed by atoms with E-state index in [9.17, 15) is 0 Å². The molecule has 0 spiro atoms. The van der Waals surface area contributed by atoms with Crippen molar-refractivity contribution >= 4 is 25.8 Å². The first-order valence-corrected chi connectivity index (χ1v) is 7.09. The van der Waals surface area contributed by atoms with Gasteiger partial charge in [-0.1, -0.05) is 42.6 Å².